The Morgan fingerprint density at radius 1 is 0.735 bits per heavy atom. The fourth-order valence-corrected chi connectivity index (χ4v) is 6.77. The molecule has 2 saturated heterocycles. The van der Waals surface area contributed by atoms with Crippen LogP contribution in [0.15, 0.2) is 91.0 Å². The Labute approximate surface area is 298 Å². The zero-order valence-electron chi connectivity index (χ0n) is 26.4. The van der Waals surface area contributed by atoms with Gasteiger partial charge < -0.3 is 29.6 Å². The predicted molar refractivity (Wildman–Crippen MR) is 186 cm³/mol. The van der Waals surface area contributed by atoms with Crippen molar-refractivity contribution in [3.8, 4) is 0 Å². The summed E-state index contributed by atoms with van der Waals surface area (Å²) < 4.78 is 24.0. The van der Waals surface area contributed by atoms with Crippen LogP contribution in [0, 0.1) is 6.92 Å². The summed E-state index contributed by atoms with van der Waals surface area (Å²) in [6, 6.07) is 25.5. The molecule has 5 atom stereocenters. The van der Waals surface area contributed by atoms with Gasteiger partial charge in [0.05, 0.1) is 46.0 Å². The highest BCUT2D eigenvalue weighted by molar-refractivity contribution is 6.40. The minimum atomic E-state index is -1.09. The molecular weight excluding hydrogens is 691 g/mol. The summed E-state index contributed by atoms with van der Waals surface area (Å²) in [5.41, 5.74) is 3.28. The maximum atomic E-state index is 13.8. The average Bonchev–Trinajstić information content (AvgIpc) is 3.67. The third-order valence-corrected chi connectivity index (χ3v) is 9.36. The minimum Gasteiger partial charge on any atom is -0.455 e. The summed E-state index contributed by atoms with van der Waals surface area (Å²) in [7, 11) is 0. The van der Waals surface area contributed by atoms with E-state index in [2.05, 4.69) is 10.6 Å². The lowest BCUT2D eigenvalue weighted by molar-refractivity contribution is -0.156. The van der Waals surface area contributed by atoms with Crippen LogP contribution in [0.25, 0.3) is 0 Å². The molecule has 4 aromatic carbocycles. The second-order valence-electron chi connectivity index (χ2n) is 11.8. The third-order valence-electron chi connectivity index (χ3n) is 8.42. The number of anilines is 1. The largest absolute Gasteiger partial charge is 0.455 e. The van der Waals surface area contributed by atoms with E-state index in [0.717, 1.165) is 5.56 Å². The van der Waals surface area contributed by atoms with Gasteiger partial charge in [0.1, 0.15) is 24.4 Å². The first-order chi connectivity index (χ1) is 23.7. The Kier molecular flexibility index (Phi) is 11.2. The van der Waals surface area contributed by atoms with Crippen molar-refractivity contribution in [1.82, 2.24) is 5.32 Å². The molecule has 2 N–H and O–H groups in total. The van der Waals surface area contributed by atoms with Crippen LogP contribution < -0.4 is 10.6 Å². The van der Waals surface area contributed by atoms with Gasteiger partial charge in [-0.2, -0.15) is 0 Å². The smallest absolute Gasteiger partial charge is 0.329 e. The molecule has 2 aliphatic heterocycles. The van der Waals surface area contributed by atoms with Crippen molar-refractivity contribution in [2.75, 3.05) is 18.5 Å². The molecule has 2 fully saturated rings. The molecule has 2 heterocycles. The number of fused-ring (bicyclic) bond motifs is 1. The summed E-state index contributed by atoms with van der Waals surface area (Å²) in [6.45, 7) is 2.59. The van der Waals surface area contributed by atoms with E-state index in [9.17, 15) is 14.4 Å². The molecule has 254 valence electrons. The molecule has 0 saturated carbocycles. The Morgan fingerprint density at radius 2 is 1.35 bits per heavy atom. The van der Waals surface area contributed by atoms with Gasteiger partial charge in [-0.3, -0.25) is 9.59 Å². The van der Waals surface area contributed by atoms with Gasteiger partial charge >= 0.3 is 5.97 Å². The van der Waals surface area contributed by atoms with Crippen molar-refractivity contribution in [3.05, 3.63) is 134 Å². The van der Waals surface area contributed by atoms with Crippen molar-refractivity contribution in [2.24, 2.45) is 0 Å². The van der Waals surface area contributed by atoms with Crippen LogP contribution >= 0.6 is 34.8 Å². The number of benzene rings is 4. The normalized spacial score (nSPS) is 20.3. The molecule has 2 amide bonds. The van der Waals surface area contributed by atoms with Crippen LogP contribution in [0.1, 0.15) is 37.4 Å². The van der Waals surface area contributed by atoms with Crippen LogP contribution in [0.5, 0.6) is 0 Å². The number of carbonyl (C=O) groups excluding carboxylic acids is 3. The van der Waals surface area contributed by atoms with Crippen molar-refractivity contribution >= 4 is 58.3 Å². The number of rotatable bonds is 11. The Hall–Kier alpha value is -3.96. The summed E-state index contributed by atoms with van der Waals surface area (Å²) in [5, 5.41) is 6.31. The molecule has 4 aromatic rings. The van der Waals surface area contributed by atoms with E-state index < -0.39 is 42.1 Å². The van der Waals surface area contributed by atoms with Crippen LogP contribution in [0.3, 0.4) is 0 Å². The topological polar surface area (TPSA) is 112 Å². The summed E-state index contributed by atoms with van der Waals surface area (Å²) in [6.07, 6.45) is -1.84. The average molecular weight is 724 g/mol. The number of esters is 1. The number of amides is 2. The molecule has 0 radical (unpaired) electrons. The van der Waals surface area contributed by atoms with Gasteiger partial charge in [0.2, 0.25) is 0 Å². The molecule has 9 nitrogen and oxygen atoms in total. The van der Waals surface area contributed by atoms with Gasteiger partial charge in [-0.1, -0.05) is 95.5 Å². The maximum absolute atomic E-state index is 13.8. The fraction of sp³-hybridized carbons (Fsp3) is 0.270. The minimum absolute atomic E-state index is 0.0873. The fourth-order valence-electron chi connectivity index (χ4n) is 5.89. The first-order valence-electron chi connectivity index (χ1n) is 15.7. The number of halogens is 3. The number of ether oxygens (including phenoxy) is 4. The molecule has 0 spiro atoms. The summed E-state index contributed by atoms with van der Waals surface area (Å²) in [4.78, 5) is 40.1. The number of aryl methyl sites for hydroxylation is 1. The van der Waals surface area contributed by atoms with Gasteiger partial charge in [-0.15, -0.1) is 0 Å². The van der Waals surface area contributed by atoms with Crippen LogP contribution in [0.2, 0.25) is 15.1 Å². The number of hydrogen-bond donors (Lipinski definition) is 2. The Balaban J connectivity index is 1.14. The second kappa shape index (κ2) is 15.7. The van der Waals surface area contributed by atoms with Gasteiger partial charge in [0, 0.05) is 12.1 Å². The summed E-state index contributed by atoms with van der Waals surface area (Å²) in [5.74, 6) is -1.64. The lowest BCUT2D eigenvalue weighted by Gasteiger charge is -2.23. The molecule has 2 aliphatic rings. The van der Waals surface area contributed by atoms with E-state index >= 15 is 0 Å². The number of carbonyl (C=O) groups is 3. The SMILES string of the molecule is Cc1cccc(Cl)c1C(=O)N[C@@H](Cc1ccc(NC(=O)c2c(Cl)cccc2Cl)cc1)C(=O)O[C@H]1CO[C@H]2[C@@H]1OC[C@@H]2OCc1ccccc1. The Bertz CT molecular complexity index is 1780. The zero-order chi connectivity index (χ0) is 34.5. The quantitative estimate of drug-likeness (QED) is 0.163. The highest BCUT2D eigenvalue weighted by Crippen LogP contribution is 2.32. The molecule has 0 aliphatic carbocycles. The zero-order valence-corrected chi connectivity index (χ0v) is 28.6. The van der Waals surface area contributed by atoms with Crippen LogP contribution in [0.4, 0.5) is 5.69 Å². The van der Waals surface area contributed by atoms with Crippen molar-refractivity contribution in [3.63, 3.8) is 0 Å². The van der Waals surface area contributed by atoms with Crippen LogP contribution in [-0.4, -0.2) is 61.5 Å². The lowest BCUT2D eigenvalue weighted by Crippen LogP contribution is -2.46. The van der Waals surface area contributed by atoms with E-state index in [1.165, 1.54) is 0 Å². The highest BCUT2D eigenvalue weighted by atomic mass is 35.5. The molecule has 0 unspecified atom stereocenters. The monoisotopic (exact) mass is 722 g/mol. The molecule has 0 aromatic heterocycles. The van der Waals surface area contributed by atoms with Crippen LogP contribution in [-0.2, 0) is 36.8 Å². The van der Waals surface area contributed by atoms with E-state index in [0.29, 0.717) is 30.0 Å². The number of nitrogens with one attached hydrogen (secondary N) is 2. The van der Waals surface area contributed by atoms with Crippen molar-refractivity contribution < 1.29 is 33.3 Å². The van der Waals surface area contributed by atoms with E-state index in [1.807, 2.05) is 30.3 Å². The van der Waals surface area contributed by atoms with Gasteiger partial charge in [-0.25, -0.2) is 4.79 Å². The van der Waals surface area contributed by atoms with E-state index in [1.54, 1.807) is 67.6 Å². The van der Waals surface area contributed by atoms with Gasteiger partial charge in [0.25, 0.3) is 11.8 Å². The van der Waals surface area contributed by atoms with E-state index in [4.69, 9.17) is 53.8 Å². The molecular formula is C37H33Cl3N2O7. The first kappa shape index (κ1) is 34.9. The molecule has 0 bridgehead atoms. The van der Waals surface area contributed by atoms with Gasteiger partial charge in [-0.05, 0) is 53.9 Å². The maximum Gasteiger partial charge on any atom is 0.329 e. The van der Waals surface area contributed by atoms with Crippen molar-refractivity contribution in [1.29, 1.82) is 0 Å². The van der Waals surface area contributed by atoms with E-state index in [-0.39, 0.29) is 45.3 Å². The number of hydrogen-bond acceptors (Lipinski definition) is 7. The lowest BCUT2D eigenvalue weighted by atomic mass is 10.0. The third kappa shape index (κ3) is 8.27. The molecule has 6 rings (SSSR count). The molecule has 12 heteroatoms. The Morgan fingerprint density at radius 3 is 2.02 bits per heavy atom. The molecule has 49 heavy (non-hydrogen) atoms. The van der Waals surface area contributed by atoms with Gasteiger partial charge in [0.15, 0.2) is 6.10 Å². The first-order valence-corrected chi connectivity index (χ1v) is 16.8. The second-order valence-corrected chi connectivity index (χ2v) is 13.0. The summed E-state index contributed by atoms with van der Waals surface area (Å²) >= 11 is 18.8. The van der Waals surface area contributed by atoms with Crippen molar-refractivity contribution in [2.45, 2.75) is 50.4 Å². The highest BCUT2D eigenvalue weighted by Gasteiger charge is 2.50. The standard InChI is InChI=1S/C37H33Cl3N2O7/c1-21-7-5-10-25(38)31(21)35(43)42-28(17-22-13-15-24(16-14-22)41-36(44)32-26(39)11-6-12-27(32)40)37(45)49-30-20-48-33-29(19-47-34(30)33)46-18-23-8-3-2-4-9-23/h2-16,28-30,33-34H,17-20H2,1H3,(H,41,44)(H,42,43)/t28-,29-,30-,33+,34+/m0/s1. The predicted octanol–water partition coefficient (Wildman–Crippen LogP) is 6.84.